The van der Waals surface area contributed by atoms with E-state index in [0.717, 1.165) is 19.3 Å². The van der Waals surface area contributed by atoms with Crippen molar-refractivity contribution in [2.45, 2.75) is 26.2 Å². The Morgan fingerprint density at radius 1 is 1.30 bits per heavy atom. The molecule has 0 atom stereocenters. The van der Waals surface area contributed by atoms with Crippen LogP contribution in [0.25, 0.3) is 0 Å². The van der Waals surface area contributed by atoms with Gasteiger partial charge in [0, 0.05) is 32.0 Å². The number of hydrogen-bond acceptors (Lipinski definition) is 2. The quantitative estimate of drug-likeness (QED) is 0.798. The fourth-order valence-corrected chi connectivity index (χ4v) is 2.41. The van der Waals surface area contributed by atoms with E-state index in [-0.39, 0.29) is 11.8 Å². The van der Waals surface area contributed by atoms with Gasteiger partial charge in [-0.05, 0) is 56.0 Å². The van der Waals surface area contributed by atoms with Crippen molar-refractivity contribution in [1.29, 1.82) is 0 Å². The van der Waals surface area contributed by atoms with Gasteiger partial charge in [0.2, 0.25) is 0 Å². The van der Waals surface area contributed by atoms with Crippen LogP contribution in [0.15, 0.2) is 36.7 Å². The Bertz CT molecular complexity index is 624. The maximum absolute atomic E-state index is 13.0. The van der Waals surface area contributed by atoms with Crippen molar-refractivity contribution in [1.82, 2.24) is 15.1 Å². The molecule has 1 aromatic carbocycles. The Hall–Kier alpha value is -2.37. The molecule has 6 heteroatoms. The van der Waals surface area contributed by atoms with Gasteiger partial charge in [0.25, 0.3) is 0 Å². The zero-order valence-electron chi connectivity index (χ0n) is 13.6. The summed E-state index contributed by atoms with van der Waals surface area (Å²) in [5, 5.41) is 7.04. The number of amides is 2. The van der Waals surface area contributed by atoms with Crippen molar-refractivity contribution in [3.05, 3.63) is 48.0 Å². The van der Waals surface area contributed by atoms with Crippen LogP contribution in [0, 0.1) is 5.82 Å². The third kappa shape index (κ3) is 5.09. The van der Waals surface area contributed by atoms with Gasteiger partial charge in [-0.25, -0.2) is 9.18 Å². The molecular formula is C17H23FN4O. The summed E-state index contributed by atoms with van der Waals surface area (Å²) in [6, 6.07) is 5.79. The molecule has 5 nitrogen and oxygen atoms in total. The average molecular weight is 318 g/mol. The Kier molecular flexibility index (Phi) is 6.14. The van der Waals surface area contributed by atoms with Gasteiger partial charge in [0.05, 0.1) is 6.20 Å². The van der Waals surface area contributed by atoms with E-state index in [1.165, 1.54) is 17.7 Å². The first-order chi connectivity index (χ1) is 11.1. The van der Waals surface area contributed by atoms with Crippen LogP contribution >= 0.6 is 0 Å². The largest absolute Gasteiger partial charge is 0.338 e. The lowest BCUT2D eigenvalue weighted by molar-refractivity contribution is 0.246. The van der Waals surface area contributed by atoms with Gasteiger partial charge < -0.3 is 5.32 Å². The lowest BCUT2D eigenvalue weighted by Crippen LogP contribution is -2.40. The number of carbonyl (C=O) groups is 1. The SMILES string of the molecule is CCN(C(=O)NCCCCc1cnn(C)c1)c1ccc(F)cc1. The number of aryl methyl sites for hydroxylation is 2. The van der Waals surface area contributed by atoms with Crippen molar-refractivity contribution < 1.29 is 9.18 Å². The molecule has 0 bridgehead atoms. The minimum atomic E-state index is -0.305. The second-order valence-electron chi connectivity index (χ2n) is 5.43. The number of benzene rings is 1. The molecule has 2 amide bonds. The summed E-state index contributed by atoms with van der Waals surface area (Å²) < 4.78 is 14.7. The van der Waals surface area contributed by atoms with Crippen LogP contribution in [0.5, 0.6) is 0 Å². The fraction of sp³-hybridized carbons (Fsp3) is 0.412. The number of hydrogen-bond donors (Lipinski definition) is 1. The van der Waals surface area contributed by atoms with E-state index >= 15 is 0 Å². The molecule has 0 unspecified atom stereocenters. The smallest absolute Gasteiger partial charge is 0.321 e. The van der Waals surface area contributed by atoms with Crippen LogP contribution in [0.3, 0.4) is 0 Å². The van der Waals surface area contributed by atoms with Crippen molar-refractivity contribution in [3.8, 4) is 0 Å². The third-order valence-electron chi connectivity index (χ3n) is 3.63. The summed E-state index contributed by atoms with van der Waals surface area (Å²) in [7, 11) is 1.90. The number of halogens is 1. The zero-order chi connectivity index (χ0) is 16.7. The second-order valence-corrected chi connectivity index (χ2v) is 5.43. The van der Waals surface area contributed by atoms with Crippen LogP contribution in [-0.4, -0.2) is 28.9 Å². The standard InChI is InChI=1S/C17H23FN4O/c1-3-22(16-9-7-15(18)8-10-16)17(23)19-11-5-4-6-14-12-20-21(2)13-14/h7-10,12-13H,3-6,11H2,1-2H3,(H,19,23). The topological polar surface area (TPSA) is 50.2 Å². The predicted molar refractivity (Wildman–Crippen MR) is 89.0 cm³/mol. The minimum Gasteiger partial charge on any atom is -0.338 e. The predicted octanol–water partition coefficient (Wildman–Crippen LogP) is 3.12. The minimum absolute atomic E-state index is 0.152. The Labute approximate surface area is 136 Å². The first-order valence-electron chi connectivity index (χ1n) is 7.88. The highest BCUT2D eigenvalue weighted by molar-refractivity contribution is 5.91. The number of rotatable bonds is 7. The number of nitrogens with zero attached hydrogens (tertiary/aromatic N) is 3. The van der Waals surface area contributed by atoms with Crippen molar-refractivity contribution in [2.24, 2.45) is 7.05 Å². The molecule has 0 aliphatic rings. The molecule has 0 aliphatic heterocycles. The number of urea groups is 1. The summed E-state index contributed by atoms with van der Waals surface area (Å²) in [4.78, 5) is 13.8. The van der Waals surface area contributed by atoms with Crippen LogP contribution in [-0.2, 0) is 13.5 Å². The maximum Gasteiger partial charge on any atom is 0.321 e. The highest BCUT2D eigenvalue weighted by Gasteiger charge is 2.12. The summed E-state index contributed by atoms with van der Waals surface area (Å²) in [5.41, 5.74) is 1.90. The molecular weight excluding hydrogens is 295 g/mol. The van der Waals surface area contributed by atoms with Crippen molar-refractivity contribution in [3.63, 3.8) is 0 Å². The van der Waals surface area contributed by atoms with Gasteiger partial charge in [-0.3, -0.25) is 9.58 Å². The number of anilines is 1. The Morgan fingerprint density at radius 3 is 2.65 bits per heavy atom. The van der Waals surface area contributed by atoms with Crippen LogP contribution in [0.1, 0.15) is 25.3 Å². The van der Waals surface area contributed by atoms with E-state index in [4.69, 9.17) is 0 Å². The summed E-state index contributed by atoms with van der Waals surface area (Å²) >= 11 is 0. The molecule has 1 heterocycles. The monoisotopic (exact) mass is 318 g/mol. The first kappa shape index (κ1) is 17.0. The van der Waals surface area contributed by atoms with Gasteiger partial charge in [-0.2, -0.15) is 5.10 Å². The van der Waals surface area contributed by atoms with Gasteiger partial charge in [0.15, 0.2) is 0 Å². The normalized spacial score (nSPS) is 10.6. The summed E-state index contributed by atoms with van der Waals surface area (Å²) in [6.45, 7) is 3.05. The molecule has 0 saturated carbocycles. The van der Waals surface area contributed by atoms with Crippen molar-refractivity contribution in [2.75, 3.05) is 18.0 Å². The first-order valence-corrected chi connectivity index (χ1v) is 7.88. The number of nitrogens with one attached hydrogen (secondary N) is 1. The lowest BCUT2D eigenvalue weighted by Gasteiger charge is -2.21. The summed E-state index contributed by atoms with van der Waals surface area (Å²) in [5.74, 6) is -0.305. The molecule has 1 aromatic heterocycles. The van der Waals surface area contributed by atoms with Gasteiger partial charge >= 0.3 is 6.03 Å². The number of aromatic nitrogens is 2. The average Bonchev–Trinajstić information content (AvgIpc) is 2.95. The zero-order valence-corrected chi connectivity index (χ0v) is 13.6. The Balaban J connectivity index is 1.73. The summed E-state index contributed by atoms with van der Waals surface area (Å²) in [6.07, 6.45) is 6.73. The van der Waals surface area contributed by atoms with Gasteiger partial charge in [0.1, 0.15) is 5.82 Å². The maximum atomic E-state index is 13.0. The van der Waals surface area contributed by atoms with E-state index in [1.807, 2.05) is 26.4 Å². The molecule has 23 heavy (non-hydrogen) atoms. The van der Waals surface area contributed by atoms with E-state index in [0.29, 0.717) is 18.8 Å². The molecule has 0 aliphatic carbocycles. The molecule has 124 valence electrons. The highest BCUT2D eigenvalue weighted by atomic mass is 19.1. The molecule has 0 radical (unpaired) electrons. The second kappa shape index (κ2) is 8.31. The van der Waals surface area contributed by atoms with Gasteiger partial charge in [-0.15, -0.1) is 0 Å². The fourth-order valence-electron chi connectivity index (χ4n) is 2.41. The van der Waals surface area contributed by atoms with E-state index < -0.39 is 0 Å². The van der Waals surface area contributed by atoms with E-state index in [9.17, 15) is 9.18 Å². The Morgan fingerprint density at radius 2 is 2.04 bits per heavy atom. The molecule has 0 fully saturated rings. The van der Waals surface area contributed by atoms with Crippen LogP contribution in [0.4, 0.5) is 14.9 Å². The number of carbonyl (C=O) groups excluding carboxylic acids is 1. The van der Waals surface area contributed by atoms with Crippen molar-refractivity contribution >= 4 is 11.7 Å². The molecule has 1 N–H and O–H groups in total. The molecule has 0 spiro atoms. The van der Waals surface area contributed by atoms with Crippen LogP contribution < -0.4 is 10.2 Å². The lowest BCUT2D eigenvalue weighted by atomic mass is 10.1. The molecule has 2 rings (SSSR count). The van der Waals surface area contributed by atoms with E-state index in [1.54, 1.807) is 21.7 Å². The third-order valence-corrected chi connectivity index (χ3v) is 3.63. The van der Waals surface area contributed by atoms with Crippen LogP contribution in [0.2, 0.25) is 0 Å². The molecule has 2 aromatic rings. The van der Waals surface area contributed by atoms with E-state index in [2.05, 4.69) is 10.4 Å². The van der Waals surface area contributed by atoms with Gasteiger partial charge in [-0.1, -0.05) is 0 Å². The highest BCUT2D eigenvalue weighted by Crippen LogP contribution is 2.14. The molecule has 0 saturated heterocycles. The number of unbranched alkanes of at least 4 members (excludes halogenated alkanes) is 1.